The van der Waals surface area contributed by atoms with Crippen LogP contribution in [0.1, 0.15) is 49.4 Å². The molecule has 1 amide bonds. The van der Waals surface area contributed by atoms with Crippen molar-refractivity contribution >= 4 is 11.7 Å². The molecular weight excluding hydrogens is 278 g/mol. The Kier molecular flexibility index (Phi) is 4.46. The number of hydrogen-bond acceptors (Lipinski definition) is 3. The molecule has 0 heterocycles. The Morgan fingerprint density at radius 2 is 1.73 bits per heavy atom. The lowest BCUT2D eigenvalue weighted by Gasteiger charge is -2.17. The van der Waals surface area contributed by atoms with Crippen molar-refractivity contribution in [3.05, 3.63) is 29.8 Å². The van der Waals surface area contributed by atoms with Gasteiger partial charge in [0, 0.05) is 18.0 Å². The first-order valence-corrected chi connectivity index (χ1v) is 8.22. The summed E-state index contributed by atoms with van der Waals surface area (Å²) in [5, 5.41) is 3.13. The summed E-state index contributed by atoms with van der Waals surface area (Å²) in [7, 11) is 0. The van der Waals surface area contributed by atoms with Gasteiger partial charge in [0.05, 0.1) is 0 Å². The van der Waals surface area contributed by atoms with Gasteiger partial charge in [-0.1, -0.05) is 6.92 Å². The number of ketones is 1. The lowest BCUT2D eigenvalue weighted by molar-refractivity contribution is -0.124. The molecule has 3 rings (SSSR count). The van der Waals surface area contributed by atoms with E-state index >= 15 is 0 Å². The maximum Gasteiger partial charge on any atom is 0.258 e. The Labute approximate surface area is 131 Å². The molecule has 118 valence electrons. The van der Waals surface area contributed by atoms with Crippen LogP contribution in [0.5, 0.6) is 5.75 Å². The zero-order chi connectivity index (χ0) is 15.5. The van der Waals surface area contributed by atoms with E-state index in [4.69, 9.17) is 4.74 Å². The Morgan fingerprint density at radius 3 is 2.23 bits per heavy atom. The molecule has 2 aliphatic rings. The fourth-order valence-electron chi connectivity index (χ4n) is 2.85. The van der Waals surface area contributed by atoms with Gasteiger partial charge in [-0.15, -0.1) is 0 Å². The highest BCUT2D eigenvalue weighted by atomic mass is 16.5. The van der Waals surface area contributed by atoms with E-state index in [1.807, 2.05) is 6.92 Å². The van der Waals surface area contributed by atoms with Gasteiger partial charge in [0.15, 0.2) is 12.4 Å². The molecule has 22 heavy (non-hydrogen) atoms. The molecule has 0 unspecified atom stereocenters. The Hall–Kier alpha value is -1.84. The van der Waals surface area contributed by atoms with Gasteiger partial charge in [-0.25, -0.2) is 0 Å². The maximum atomic E-state index is 12.0. The first kappa shape index (κ1) is 15.1. The van der Waals surface area contributed by atoms with Crippen molar-refractivity contribution in [1.29, 1.82) is 0 Å². The van der Waals surface area contributed by atoms with Gasteiger partial charge in [-0.2, -0.15) is 0 Å². The summed E-state index contributed by atoms with van der Waals surface area (Å²) in [6.07, 6.45) is 5.47. The summed E-state index contributed by atoms with van der Waals surface area (Å²) < 4.78 is 5.51. The molecule has 0 spiro atoms. The van der Waals surface area contributed by atoms with E-state index in [0.29, 0.717) is 35.6 Å². The quantitative estimate of drug-likeness (QED) is 0.751. The van der Waals surface area contributed by atoms with Gasteiger partial charge in [-0.3, -0.25) is 9.59 Å². The summed E-state index contributed by atoms with van der Waals surface area (Å²) in [4.78, 5) is 23.6. The average Bonchev–Trinajstić information content (AvgIpc) is 3.42. The van der Waals surface area contributed by atoms with E-state index in [1.54, 1.807) is 24.3 Å². The van der Waals surface area contributed by atoms with Crippen LogP contribution in [0.15, 0.2) is 24.3 Å². The number of amides is 1. The zero-order valence-electron chi connectivity index (χ0n) is 13.0. The molecule has 1 aromatic rings. The number of carbonyl (C=O) groups is 2. The molecule has 1 N–H and O–H groups in total. The molecule has 4 nitrogen and oxygen atoms in total. The van der Waals surface area contributed by atoms with E-state index in [-0.39, 0.29) is 18.3 Å². The second kappa shape index (κ2) is 6.51. The van der Waals surface area contributed by atoms with Crippen molar-refractivity contribution in [2.45, 2.75) is 45.1 Å². The third kappa shape index (κ3) is 3.87. The predicted octanol–water partition coefficient (Wildman–Crippen LogP) is 2.96. The van der Waals surface area contributed by atoms with E-state index in [1.165, 1.54) is 25.7 Å². The average molecular weight is 301 g/mol. The van der Waals surface area contributed by atoms with Crippen LogP contribution in [0.2, 0.25) is 0 Å². The number of nitrogens with one attached hydrogen (secondary N) is 1. The van der Waals surface area contributed by atoms with E-state index in [0.717, 1.165) is 0 Å². The van der Waals surface area contributed by atoms with Gasteiger partial charge in [-0.05, 0) is 61.8 Å². The van der Waals surface area contributed by atoms with Crippen molar-refractivity contribution in [2.75, 3.05) is 6.61 Å². The SMILES string of the molecule is CCC(=O)c1ccc(OCC(=O)NC(C2CC2)C2CC2)cc1. The number of rotatable bonds is 8. The highest BCUT2D eigenvalue weighted by Crippen LogP contribution is 2.44. The molecule has 2 fully saturated rings. The highest BCUT2D eigenvalue weighted by Gasteiger charge is 2.42. The first-order chi connectivity index (χ1) is 10.7. The minimum absolute atomic E-state index is 0.0387. The molecule has 1 aromatic carbocycles. The van der Waals surface area contributed by atoms with Crippen LogP contribution in [0, 0.1) is 11.8 Å². The van der Waals surface area contributed by atoms with Gasteiger partial charge < -0.3 is 10.1 Å². The van der Waals surface area contributed by atoms with Crippen LogP contribution in [-0.4, -0.2) is 24.3 Å². The summed E-state index contributed by atoms with van der Waals surface area (Å²) in [6, 6.07) is 7.35. The fraction of sp³-hybridized carbons (Fsp3) is 0.556. The molecule has 4 heteroatoms. The monoisotopic (exact) mass is 301 g/mol. The molecule has 0 atom stereocenters. The van der Waals surface area contributed by atoms with Crippen LogP contribution in [0.4, 0.5) is 0 Å². The minimum atomic E-state index is -0.0440. The van der Waals surface area contributed by atoms with E-state index in [2.05, 4.69) is 5.32 Å². The fourth-order valence-corrected chi connectivity index (χ4v) is 2.85. The Morgan fingerprint density at radius 1 is 1.14 bits per heavy atom. The Balaban J connectivity index is 1.47. The van der Waals surface area contributed by atoms with Gasteiger partial charge in [0.25, 0.3) is 5.91 Å². The smallest absolute Gasteiger partial charge is 0.258 e. The molecule has 2 saturated carbocycles. The van der Waals surface area contributed by atoms with Crippen molar-refractivity contribution in [3.8, 4) is 5.75 Å². The normalized spacial score (nSPS) is 17.4. The third-order valence-electron chi connectivity index (χ3n) is 4.45. The van der Waals surface area contributed by atoms with E-state index in [9.17, 15) is 9.59 Å². The minimum Gasteiger partial charge on any atom is -0.484 e. The van der Waals surface area contributed by atoms with Crippen LogP contribution in [-0.2, 0) is 4.79 Å². The van der Waals surface area contributed by atoms with Crippen LogP contribution < -0.4 is 10.1 Å². The number of benzene rings is 1. The Bertz CT molecular complexity index is 532. The van der Waals surface area contributed by atoms with Gasteiger partial charge in [0.2, 0.25) is 0 Å². The number of Topliss-reactive ketones (excluding diaryl/α,β-unsaturated/α-hetero) is 1. The summed E-state index contributed by atoms with van der Waals surface area (Å²) in [6.45, 7) is 1.88. The first-order valence-electron chi connectivity index (χ1n) is 8.22. The van der Waals surface area contributed by atoms with Crippen molar-refractivity contribution in [1.82, 2.24) is 5.32 Å². The predicted molar refractivity (Wildman–Crippen MR) is 83.9 cm³/mol. The van der Waals surface area contributed by atoms with Gasteiger partial charge >= 0.3 is 0 Å². The molecule has 0 aliphatic heterocycles. The third-order valence-corrected chi connectivity index (χ3v) is 4.45. The molecule has 0 radical (unpaired) electrons. The molecule has 0 aromatic heterocycles. The largest absolute Gasteiger partial charge is 0.484 e. The number of hydrogen-bond donors (Lipinski definition) is 1. The van der Waals surface area contributed by atoms with E-state index < -0.39 is 0 Å². The van der Waals surface area contributed by atoms with Crippen molar-refractivity contribution in [2.24, 2.45) is 11.8 Å². The number of carbonyl (C=O) groups excluding carboxylic acids is 2. The van der Waals surface area contributed by atoms with Crippen molar-refractivity contribution in [3.63, 3.8) is 0 Å². The highest BCUT2D eigenvalue weighted by molar-refractivity contribution is 5.95. The van der Waals surface area contributed by atoms with Crippen LogP contribution in [0.3, 0.4) is 0 Å². The summed E-state index contributed by atoms with van der Waals surface area (Å²) in [5.41, 5.74) is 0.682. The number of ether oxygens (including phenoxy) is 1. The standard InChI is InChI=1S/C18H23NO3/c1-2-16(20)12-7-9-15(10-8-12)22-11-17(21)19-18(13-3-4-13)14-5-6-14/h7-10,13-14,18H,2-6,11H2,1H3,(H,19,21). The van der Waals surface area contributed by atoms with Crippen LogP contribution >= 0.6 is 0 Å². The second-order valence-electron chi connectivity index (χ2n) is 6.36. The lowest BCUT2D eigenvalue weighted by Crippen LogP contribution is -2.40. The van der Waals surface area contributed by atoms with Gasteiger partial charge in [0.1, 0.15) is 5.75 Å². The van der Waals surface area contributed by atoms with Crippen molar-refractivity contribution < 1.29 is 14.3 Å². The molecule has 2 aliphatic carbocycles. The molecule has 0 saturated heterocycles. The topological polar surface area (TPSA) is 55.4 Å². The molecule has 0 bridgehead atoms. The van der Waals surface area contributed by atoms with Crippen LogP contribution in [0.25, 0.3) is 0 Å². The lowest BCUT2D eigenvalue weighted by atomic mass is 10.1. The second-order valence-corrected chi connectivity index (χ2v) is 6.36. The molecular formula is C18H23NO3. The summed E-state index contributed by atoms with van der Waals surface area (Å²) in [5.74, 6) is 2.07. The zero-order valence-corrected chi connectivity index (χ0v) is 13.0. The summed E-state index contributed by atoms with van der Waals surface area (Å²) >= 11 is 0. The maximum absolute atomic E-state index is 12.0.